The van der Waals surface area contributed by atoms with E-state index in [9.17, 15) is 9.59 Å². The van der Waals surface area contributed by atoms with E-state index >= 15 is 0 Å². The van der Waals surface area contributed by atoms with Crippen molar-refractivity contribution in [1.29, 1.82) is 5.41 Å². The molecule has 0 saturated carbocycles. The molecule has 0 radical (unpaired) electrons. The summed E-state index contributed by atoms with van der Waals surface area (Å²) in [5, 5.41) is 18.3. The molecule has 1 fully saturated rings. The van der Waals surface area contributed by atoms with Crippen LogP contribution in [0.3, 0.4) is 0 Å². The number of fused-ring (bicyclic) bond motifs is 1. The molecular formula is C20H22N6O2. The molecular weight excluding hydrogens is 356 g/mol. The van der Waals surface area contributed by atoms with Gasteiger partial charge in [-0.2, -0.15) is 5.10 Å². The average molecular weight is 378 g/mol. The van der Waals surface area contributed by atoms with Crippen molar-refractivity contribution in [2.75, 3.05) is 13.1 Å². The molecule has 0 spiro atoms. The third-order valence-electron chi connectivity index (χ3n) is 5.02. The van der Waals surface area contributed by atoms with Gasteiger partial charge in [-0.1, -0.05) is 30.3 Å². The first-order valence-corrected chi connectivity index (χ1v) is 9.36. The molecule has 4 N–H and O–H groups in total. The normalized spacial score (nSPS) is 14.9. The number of nitrogens with one attached hydrogen (secondary N) is 4. The molecule has 1 saturated heterocycles. The van der Waals surface area contributed by atoms with Crippen LogP contribution < -0.4 is 16.2 Å². The van der Waals surface area contributed by atoms with E-state index in [1.54, 1.807) is 10.6 Å². The summed E-state index contributed by atoms with van der Waals surface area (Å²) in [6, 6.07) is 11.1. The lowest BCUT2D eigenvalue weighted by molar-refractivity contribution is 0.0977. The molecule has 8 nitrogen and oxygen atoms in total. The monoisotopic (exact) mass is 378 g/mol. The molecule has 1 amide bonds. The first-order chi connectivity index (χ1) is 13.6. The molecule has 1 aromatic carbocycles. The van der Waals surface area contributed by atoms with Gasteiger partial charge in [-0.3, -0.25) is 15.0 Å². The van der Waals surface area contributed by atoms with Gasteiger partial charge in [0.1, 0.15) is 17.0 Å². The molecule has 2 aromatic heterocycles. The highest BCUT2D eigenvalue weighted by Gasteiger charge is 2.22. The van der Waals surface area contributed by atoms with E-state index in [4.69, 9.17) is 5.41 Å². The van der Waals surface area contributed by atoms with Gasteiger partial charge in [0.25, 0.3) is 11.5 Å². The Bertz CT molecular complexity index is 1060. The quantitative estimate of drug-likeness (QED) is 0.406. The minimum Gasteiger partial charge on any atom is -0.317 e. The van der Waals surface area contributed by atoms with Crippen molar-refractivity contribution < 1.29 is 4.79 Å². The molecule has 0 atom stereocenters. The fourth-order valence-electron chi connectivity index (χ4n) is 3.64. The fraction of sp³-hybridized carbons (Fsp3) is 0.300. The molecule has 8 heteroatoms. The van der Waals surface area contributed by atoms with Crippen LogP contribution in [0.4, 0.5) is 0 Å². The smallest absolute Gasteiger partial charge is 0.261 e. The summed E-state index contributed by atoms with van der Waals surface area (Å²) in [5.41, 5.74) is 2.12. The van der Waals surface area contributed by atoms with E-state index in [1.165, 1.54) is 6.20 Å². The first kappa shape index (κ1) is 18.1. The standard InChI is InChI=1S/C20H22N6O2/c21-17(10-13-4-2-1-3-5-13)24-20(28)15-12-23-26-16(11-18(27)25-19(15)26)14-6-8-22-9-7-14/h1-5,11-12,14,22H,6-10H2,(H,25,27)(H2,21,24,28). The maximum atomic E-state index is 12.7. The van der Waals surface area contributed by atoms with Gasteiger partial charge in [-0.15, -0.1) is 0 Å². The molecule has 144 valence electrons. The number of carbonyl (C=O) groups is 1. The topological polar surface area (TPSA) is 115 Å². The zero-order valence-electron chi connectivity index (χ0n) is 15.4. The Balaban J connectivity index is 1.58. The molecule has 0 unspecified atom stereocenters. The van der Waals surface area contributed by atoms with E-state index in [0.717, 1.165) is 37.2 Å². The van der Waals surface area contributed by atoms with Crippen LogP contribution in [0.2, 0.25) is 0 Å². The van der Waals surface area contributed by atoms with Crippen LogP contribution in [0.25, 0.3) is 5.65 Å². The second-order valence-electron chi connectivity index (χ2n) is 7.00. The Hall–Kier alpha value is -3.26. The van der Waals surface area contributed by atoms with Crippen LogP contribution >= 0.6 is 0 Å². The molecule has 3 aromatic rings. The van der Waals surface area contributed by atoms with Crippen LogP contribution in [0.1, 0.15) is 40.4 Å². The maximum absolute atomic E-state index is 12.7. The predicted octanol–water partition coefficient (Wildman–Crippen LogP) is 1.44. The zero-order valence-corrected chi connectivity index (χ0v) is 15.4. The average Bonchev–Trinajstić information content (AvgIpc) is 3.12. The van der Waals surface area contributed by atoms with E-state index in [2.05, 4.69) is 20.7 Å². The molecule has 0 bridgehead atoms. The predicted molar refractivity (Wildman–Crippen MR) is 106 cm³/mol. The number of rotatable bonds is 4. The Morgan fingerprint density at radius 3 is 2.75 bits per heavy atom. The van der Waals surface area contributed by atoms with Crippen molar-refractivity contribution in [1.82, 2.24) is 25.2 Å². The van der Waals surface area contributed by atoms with Crippen molar-refractivity contribution in [3.63, 3.8) is 0 Å². The molecule has 3 heterocycles. The Kier molecular flexibility index (Phi) is 5.03. The molecule has 28 heavy (non-hydrogen) atoms. The highest BCUT2D eigenvalue weighted by atomic mass is 16.2. The molecule has 0 aliphatic carbocycles. The summed E-state index contributed by atoms with van der Waals surface area (Å²) in [7, 11) is 0. The lowest BCUT2D eigenvalue weighted by atomic mass is 9.94. The van der Waals surface area contributed by atoms with Gasteiger partial charge in [-0.25, -0.2) is 4.52 Å². The van der Waals surface area contributed by atoms with Gasteiger partial charge >= 0.3 is 0 Å². The number of nitrogens with zero attached hydrogens (tertiary/aromatic N) is 2. The summed E-state index contributed by atoms with van der Waals surface area (Å²) in [5.74, 6) is -0.139. The summed E-state index contributed by atoms with van der Waals surface area (Å²) >= 11 is 0. The van der Waals surface area contributed by atoms with Crippen molar-refractivity contribution in [3.05, 3.63) is 69.8 Å². The van der Waals surface area contributed by atoms with Crippen molar-refractivity contribution >= 4 is 17.4 Å². The largest absolute Gasteiger partial charge is 0.317 e. The fourth-order valence-corrected chi connectivity index (χ4v) is 3.64. The Labute approximate surface area is 161 Å². The summed E-state index contributed by atoms with van der Waals surface area (Å²) in [6.45, 7) is 1.79. The minimum absolute atomic E-state index is 0.0902. The van der Waals surface area contributed by atoms with Crippen LogP contribution in [-0.4, -0.2) is 39.4 Å². The van der Waals surface area contributed by atoms with E-state index < -0.39 is 5.91 Å². The summed E-state index contributed by atoms with van der Waals surface area (Å²) in [4.78, 5) is 27.6. The molecule has 1 aliphatic rings. The van der Waals surface area contributed by atoms with Gasteiger partial charge in [-0.05, 0) is 31.5 Å². The number of H-pyrrole nitrogens is 1. The van der Waals surface area contributed by atoms with E-state index in [-0.39, 0.29) is 22.9 Å². The third kappa shape index (κ3) is 3.72. The highest BCUT2D eigenvalue weighted by Crippen LogP contribution is 2.24. The van der Waals surface area contributed by atoms with Crippen molar-refractivity contribution in [2.45, 2.75) is 25.2 Å². The zero-order chi connectivity index (χ0) is 19.5. The van der Waals surface area contributed by atoms with Gasteiger partial charge in [0.05, 0.1) is 11.9 Å². The van der Waals surface area contributed by atoms with Crippen LogP contribution in [0.5, 0.6) is 0 Å². The summed E-state index contributed by atoms with van der Waals surface area (Å²) < 4.78 is 1.65. The Morgan fingerprint density at radius 1 is 1.25 bits per heavy atom. The number of amidine groups is 1. The van der Waals surface area contributed by atoms with Crippen LogP contribution in [-0.2, 0) is 6.42 Å². The lowest BCUT2D eigenvalue weighted by Crippen LogP contribution is -2.31. The third-order valence-corrected chi connectivity index (χ3v) is 5.02. The van der Waals surface area contributed by atoms with E-state index in [1.807, 2.05) is 30.3 Å². The van der Waals surface area contributed by atoms with Crippen LogP contribution in [0, 0.1) is 5.41 Å². The Morgan fingerprint density at radius 2 is 2.00 bits per heavy atom. The van der Waals surface area contributed by atoms with Gasteiger partial charge in [0, 0.05) is 18.4 Å². The number of aromatic amines is 1. The lowest BCUT2D eigenvalue weighted by Gasteiger charge is -2.23. The van der Waals surface area contributed by atoms with E-state index in [0.29, 0.717) is 12.1 Å². The van der Waals surface area contributed by atoms with Gasteiger partial charge < -0.3 is 15.6 Å². The second kappa shape index (κ2) is 7.77. The minimum atomic E-state index is -0.450. The van der Waals surface area contributed by atoms with Crippen molar-refractivity contribution in [3.8, 4) is 0 Å². The highest BCUT2D eigenvalue weighted by molar-refractivity contribution is 6.08. The number of carbonyl (C=O) groups excluding carboxylic acids is 1. The number of hydrogen-bond acceptors (Lipinski definition) is 5. The summed E-state index contributed by atoms with van der Waals surface area (Å²) in [6.07, 6.45) is 3.60. The van der Waals surface area contributed by atoms with Crippen molar-refractivity contribution in [2.24, 2.45) is 0 Å². The number of aromatic nitrogens is 3. The molecule has 4 rings (SSSR count). The second-order valence-corrected chi connectivity index (χ2v) is 7.00. The number of amides is 1. The molecule has 1 aliphatic heterocycles. The first-order valence-electron chi connectivity index (χ1n) is 9.36. The van der Waals surface area contributed by atoms with Gasteiger partial charge in [0.15, 0.2) is 0 Å². The SMILES string of the molecule is N=C(Cc1ccccc1)NC(=O)c1cnn2c(C3CCNCC3)cc(=O)[nH]c12. The van der Waals surface area contributed by atoms with Gasteiger partial charge in [0.2, 0.25) is 0 Å². The van der Waals surface area contributed by atoms with Crippen LogP contribution in [0.15, 0.2) is 47.4 Å². The number of benzene rings is 1. The number of hydrogen-bond donors (Lipinski definition) is 4. The number of piperidine rings is 1. The maximum Gasteiger partial charge on any atom is 0.261 e.